The lowest BCUT2D eigenvalue weighted by atomic mass is 10.1. The van der Waals surface area contributed by atoms with Crippen molar-refractivity contribution in [2.24, 2.45) is 20.5 Å². The summed E-state index contributed by atoms with van der Waals surface area (Å²) >= 11 is -2.00. The molecule has 0 aliphatic rings. The molecule has 0 bridgehead atoms. The van der Waals surface area contributed by atoms with Gasteiger partial charge in [0, 0.05) is 10.8 Å². The molecule has 4 rings (SSSR count). The monoisotopic (exact) mass is 887 g/mol. The normalized spacial score (nSPS) is 13.0. The van der Waals surface area contributed by atoms with Crippen molar-refractivity contribution in [1.82, 2.24) is 0 Å². The number of sulfone groups is 2. The molecule has 4 aromatic carbocycles. The van der Waals surface area contributed by atoms with Crippen molar-refractivity contribution in [1.29, 1.82) is 0 Å². The average molecular weight is 888 g/mol. The van der Waals surface area contributed by atoms with E-state index in [1.165, 1.54) is 42.5 Å². The maximum absolute atomic E-state index is 12.8. The number of nitrogens with two attached hydrogens (primary N) is 1. The highest BCUT2D eigenvalue weighted by Crippen LogP contribution is 2.48. The van der Waals surface area contributed by atoms with E-state index >= 15 is 0 Å². The Morgan fingerprint density at radius 3 is 1.95 bits per heavy atom. The second kappa shape index (κ2) is 21.2. The van der Waals surface area contributed by atoms with Gasteiger partial charge in [0.2, 0.25) is 0 Å². The van der Waals surface area contributed by atoms with E-state index in [0.29, 0.717) is 12.0 Å². The Balaban J connectivity index is 1.68. The molecule has 23 nitrogen and oxygen atoms in total. The van der Waals surface area contributed by atoms with Gasteiger partial charge in [-0.15, -0.1) is 28.3 Å². The Morgan fingerprint density at radius 1 is 0.709 bits per heavy atom. The van der Waals surface area contributed by atoms with Crippen molar-refractivity contribution < 1.29 is 83.0 Å². The van der Waals surface area contributed by atoms with Crippen LogP contribution in [0.4, 0.5) is 28.4 Å². The SMILES string of the molecule is Nc1ccc2c(O)c(/N=N/c3cccc(S(=O)(=O)CCOSOOO)c3)c(SOOO)cc2c1/N=N/c1ccc(S(=O)(=O)CCOSOOO)cc1S(=O)O. The number of anilines is 1. The van der Waals surface area contributed by atoms with Crippen LogP contribution < -0.4 is 5.73 Å². The van der Waals surface area contributed by atoms with Gasteiger partial charge in [-0.05, 0) is 54.6 Å². The summed E-state index contributed by atoms with van der Waals surface area (Å²) in [5.41, 5.74) is 5.71. The molecule has 7 N–H and O–H groups in total. The van der Waals surface area contributed by atoms with E-state index in [4.69, 9.17) is 29.9 Å². The highest BCUT2D eigenvalue weighted by molar-refractivity contribution is 7.94. The van der Waals surface area contributed by atoms with Crippen molar-refractivity contribution in [2.75, 3.05) is 30.5 Å². The molecule has 0 radical (unpaired) electrons. The van der Waals surface area contributed by atoms with Gasteiger partial charge >= 0.3 is 0 Å². The average Bonchev–Trinajstić information content (AvgIpc) is 3.16. The smallest absolute Gasteiger partial charge is 0.197 e. The molecule has 0 aliphatic carbocycles. The van der Waals surface area contributed by atoms with Gasteiger partial charge in [0.1, 0.15) is 17.1 Å². The van der Waals surface area contributed by atoms with E-state index in [0.717, 1.165) is 18.2 Å². The first-order valence-electron chi connectivity index (χ1n) is 14.2. The predicted molar refractivity (Wildman–Crippen MR) is 192 cm³/mol. The molecular weight excluding hydrogens is 863 g/mol. The van der Waals surface area contributed by atoms with Crippen LogP contribution >= 0.6 is 36.7 Å². The summed E-state index contributed by atoms with van der Waals surface area (Å²) in [6.45, 7) is -0.737. The number of benzene rings is 4. The molecule has 0 heterocycles. The summed E-state index contributed by atoms with van der Waals surface area (Å²) in [5.74, 6) is -1.58. The number of nitrogens with zero attached hydrogens (tertiary/aromatic N) is 4. The number of phenols is 1. The minimum atomic E-state index is -4.05. The minimum Gasteiger partial charge on any atom is -0.505 e. The Labute approximate surface area is 325 Å². The van der Waals surface area contributed by atoms with Crippen LogP contribution in [-0.4, -0.2) is 71.2 Å². The molecule has 298 valence electrons. The zero-order valence-electron chi connectivity index (χ0n) is 27.0. The number of aromatic hydroxyl groups is 1. The summed E-state index contributed by atoms with van der Waals surface area (Å²) < 4.78 is 95.3. The Kier molecular flexibility index (Phi) is 17.1. The van der Waals surface area contributed by atoms with Crippen molar-refractivity contribution in [3.63, 3.8) is 0 Å². The van der Waals surface area contributed by atoms with Crippen LogP contribution in [0.25, 0.3) is 10.8 Å². The van der Waals surface area contributed by atoms with Gasteiger partial charge in [-0.2, -0.15) is 5.11 Å². The van der Waals surface area contributed by atoms with Gasteiger partial charge < -0.3 is 15.4 Å². The highest BCUT2D eigenvalue weighted by atomic mass is 32.2. The maximum Gasteiger partial charge on any atom is 0.197 e. The fraction of sp³-hybridized carbons (Fsp3) is 0.154. The van der Waals surface area contributed by atoms with E-state index in [1.807, 2.05) is 0 Å². The van der Waals surface area contributed by atoms with Crippen molar-refractivity contribution in [3.05, 3.63) is 60.7 Å². The topological polar surface area (TPSA) is 336 Å². The molecule has 0 aliphatic heterocycles. The Morgan fingerprint density at radius 2 is 1.33 bits per heavy atom. The molecule has 0 fully saturated rings. The second-order valence-corrected chi connectivity index (χ2v) is 16.8. The van der Waals surface area contributed by atoms with Crippen LogP contribution in [0.3, 0.4) is 0 Å². The molecule has 0 saturated carbocycles. The molecule has 1 atom stereocenters. The summed E-state index contributed by atoms with van der Waals surface area (Å²) in [5, 5.41) is 63.2. The number of rotatable bonds is 22. The van der Waals surface area contributed by atoms with Gasteiger partial charge in [-0.1, -0.05) is 21.2 Å². The molecular formula is C26H25N5O18S6. The third kappa shape index (κ3) is 12.3. The number of phenolic OH excluding ortho intramolecular Hbond substituents is 1. The van der Waals surface area contributed by atoms with Crippen LogP contribution in [0.5, 0.6) is 5.75 Å². The predicted octanol–water partition coefficient (Wildman–Crippen LogP) is 6.52. The zero-order valence-corrected chi connectivity index (χ0v) is 31.9. The third-order valence-corrected chi connectivity index (χ3v) is 12.1. The lowest BCUT2D eigenvalue weighted by molar-refractivity contribution is -0.434. The van der Waals surface area contributed by atoms with Crippen LogP contribution in [0.15, 0.2) is 101 Å². The van der Waals surface area contributed by atoms with Crippen LogP contribution in [0.1, 0.15) is 0 Å². The fourth-order valence-corrected chi connectivity index (χ4v) is 8.22. The first kappa shape index (κ1) is 44.3. The summed E-state index contributed by atoms with van der Waals surface area (Å²) in [6, 6.07) is 12.6. The molecule has 29 heteroatoms. The van der Waals surface area contributed by atoms with E-state index in [-0.39, 0.29) is 85.1 Å². The van der Waals surface area contributed by atoms with Gasteiger partial charge in [-0.3, -0.25) is 8.37 Å². The lowest BCUT2D eigenvalue weighted by Crippen LogP contribution is -2.11. The van der Waals surface area contributed by atoms with Crippen LogP contribution in [0.2, 0.25) is 0 Å². The molecule has 55 heavy (non-hydrogen) atoms. The standard InChI is InChI=1S/C26H25N5O18S6/c27-20-6-5-18-19(24(20)30-29-21-7-4-17(13-23(21)53(36)37)55(40,41)11-9-43-52-49-46-35)14-22(50-47-44-33)25(26(18)32)31-28-15-2-1-3-16(12-15)54(38,39)10-8-42-51-48-45-34/h1-7,12-14,32-35H,8-11,27H2,(H,36,37)/b30-29+,31-28+. The first-order chi connectivity index (χ1) is 26.3. The maximum atomic E-state index is 12.8. The largest absolute Gasteiger partial charge is 0.505 e. The van der Waals surface area contributed by atoms with Gasteiger partial charge in [0.15, 0.2) is 61.2 Å². The molecule has 0 aromatic heterocycles. The number of azo groups is 2. The highest BCUT2D eigenvalue weighted by Gasteiger charge is 2.21. The number of hydrogen-bond acceptors (Lipinski definition) is 25. The van der Waals surface area contributed by atoms with Gasteiger partial charge in [-0.25, -0.2) is 36.8 Å². The zero-order chi connectivity index (χ0) is 40.0. The fourth-order valence-electron chi connectivity index (χ4n) is 4.26. The first-order valence-corrected chi connectivity index (χ1v) is 20.7. The lowest BCUT2D eigenvalue weighted by Gasteiger charge is -2.12. The molecule has 0 saturated heterocycles. The Bertz CT molecular complexity index is 2270. The van der Waals surface area contributed by atoms with Crippen molar-refractivity contribution >= 4 is 107 Å². The second-order valence-electron chi connectivity index (χ2n) is 9.88. The van der Waals surface area contributed by atoms with Crippen LogP contribution in [0, 0.1) is 0 Å². The quantitative estimate of drug-likeness (QED) is 0.00930. The van der Waals surface area contributed by atoms with Gasteiger partial charge in [0.25, 0.3) is 0 Å². The van der Waals surface area contributed by atoms with E-state index in [9.17, 15) is 30.7 Å². The van der Waals surface area contributed by atoms with Gasteiger partial charge in [0.05, 0.1) is 67.7 Å². The van der Waals surface area contributed by atoms with E-state index in [1.54, 1.807) is 0 Å². The molecule has 1 unspecified atom stereocenters. The summed E-state index contributed by atoms with van der Waals surface area (Å²) in [7, 11) is -7.94. The number of nitrogen functional groups attached to an aromatic ring is 1. The minimum absolute atomic E-state index is 0.0101. The van der Waals surface area contributed by atoms with Crippen LogP contribution in [-0.2, 0) is 67.2 Å². The van der Waals surface area contributed by atoms with Crippen molar-refractivity contribution in [2.45, 2.75) is 19.6 Å². The van der Waals surface area contributed by atoms with Crippen molar-refractivity contribution in [3.8, 4) is 5.75 Å². The van der Waals surface area contributed by atoms with E-state index < -0.39 is 59.5 Å². The molecule has 0 amide bonds. The summed E-state index contributed by atoms with van der Waals surface area (Å²) in [6.07, 6.45) is 0. The Hall–Kier alpha value is -3.44. The number of hydrogen-bond donors (Lipinski definition) is 6. The molecule has 0 spiro atoms. The third-order valence-electron chi connectivity index (χ3n) is 6.65. The number of fused-ring (bicyclic) bond motifs is 1. The summed E-state index contributed by atoms with van der Waals surface area (Å²) in [4.78, 5) is -0.966. The molecule has 4 aromatic rings. The van der Waals surface area contributed by atoms with E-state index in [2.05, 4.69) is 48.6 Å².